The number of carboxylic acids is 1. The second-order valence-corrected chi connectivity index (χ2v) is 5.03. The summed E-state index contributed by atoms with van der Waals surface area (Å²) in [4.78, 5) is 11.7. The first kappa shape index (κ1) is 14.0. The molecule has 5 nitrogen and oxygen atoms in total. The average molecular weight is 293 g/mol. The van der Waals surface area contributed by atoms with Crippen LogP contribution in [0, 0.1) is 13.8 Å². The number of carboxylic acid groups (broad SMARTS) is 1. The third-order valence-electron chi connectivity index (χ3n) is 3.56. The highest BCUT2D eigenvalue weighted by Crippen LogP contribution is 2.23. The molecule has 1 aromatic heterocycles. The number of nitrogens with zero attached hydrogens (tertiary/aromatic N) is 3. The van der Waals surface area contributed by atoms with Crippen molar-refractivity contribution in [3.05, 3.63) is 59.7 Å². The first-order valence-electron chi connectivity index (χ1n) is 6.89. The average Bonchev–Trinajstić information content (AvgIpc) is 2.84. The maximum atomic E-state index is 11.7. The molecule has 0 saturated heterocycles. The van der Waals surface area contributed by atoms with Crippen LogP contribution in [0.1, 0.15) is 17.2 Å². The van der Waals surface area contributed by atoms with Gasteiger partial charge in [-0.15, -0.1) is 10.2 Å². The minimum atomic E-state index is -1.01. The number of hydrogen-bond donors (Lipinski definition) is 1. The summed E-state index contributed by atoms with van der Waals surface area (Å²) in [7, 11) is 0. The van der Waals surface area contributed by atoms with Crippen LogP contribution in [-0.2, 0) is 4.79 Å². The van der Waals surface area contributed by atoms with Crippen LogP contribution in [0.4, 0.5) is 0 Å². The molecule has 0 saturated carbocycles. The predicted octanol–water partition coefficient (Wildman–Crippen LogP) is 3.13. The lowest BCUT2D eigenvalue weighted by molar-refractivity contribution is -0.130. The molecular weight excluding hydrogens is 278 g/mol. The SMILES string of the molecule is Cc1nnc(C)n1/C(=C\c1cccc2ccccc12)C(=O)O. The van der Waals surface area contributed by atoms with Crippen molar-refractivity contribution in [2.75, 3.05) is 0 Å². The van der Waals surface area contributed by atoms with Gasteiger partial charge in [-0.3, -0.25) is 4.57 Å². The Morgan fingerprint density at radius 1 is 1.05 bits per heavy atom. The highest BCUT2D eigenvalue weighted by atomic mass is 16.4. The molecule has 0 radical (unpaired) electrons. The van der Waals surface area contributed by atoms with Crippen LogP contribution in [0.3, 0.4) is 0 Å². The van der Waals surface area contributed by atoms with Gasteiger partial charge in [0.15, 0.2) is 0 Å². The molecule has 5 heteroatoms. The molecule has 1 N–H and O–H groups in total. The van der Waals surface area contributed by atoms with E-state index in [1.165, 1.54) is 0 Å². The molecule has 0 unspecified atom stereocenters. The number of carbonyl (C=O) groups is 1. The van der Waals surface area contributed by atoms with Gasteiger partial charge in [-0.2, -0.15) is 0 Å². The Morgan fingerprint density at radius 2 is 1.68 bits per heavy atom. The van der Waals surface area contributed by atoms with Gasteiger partial charge in [-0.1, -0.05) is 42.5 Å². The third kappa shape index (κ3) is 2.37. The summed E-state index contributed by atoms with van der Waals surface area (Å²) in [6, 6.07) is 13.7. The molecule has 22 heavy (non-hydrogen) atoms. The molecule has 0 amide bonds. The smallest absolute Gasteiger partial charge is 0.352 e. The van der Waals surface area contributed by atoms with Crippen LogP contribution in [0.15, 0.2) is 42.5 Å². The van der Waals surface area contributed by atoms with Crippen molar-refractivity contribution in [2.24, 2.45) is 0 Å². The topological polar surface area (TPSA) is 68.0 Å². The molecule has 2 aromatic carbocycles. The van der Waals surface area contributed by atoms with Gasteiger partial charge >= 0.3 is 5.97 Å². The zero-order valence-electron chi connectivity index (χ0n) is 12.3. The summed E-state index contributed by atoms with van der Waals surface area (Å²) in [5, 5.41) is 19.5. The molecule has 110 valence electrons. The summed E-state index contributed by atoms with van der Waals surface area (Å²) in [5.41, 5.74) is 0.986. The van der Waals surface area contributed by atoms with Gasteiger partial charge in [0.25, 0.3) is 0 Å². The molecule has 0 aliphatic heterocycles. The Morgan fingerprint density at radius 3 is 2.36 bits per heavy atom. The molecule has 0 aliphatic carbocycles. The molecule has 0 bridgehead atoms. The number of fused-ring (bicyclic) bond motifs is 1. The van der Waals surface area contributed by atoms with Crippen molar-refractivity contribution in [1.82, 2.24) is 14.8 Å². The van der Waals surface area contributed by atoms with E-state index >= 15 is 0 Å². The van der Waals surface area contributed by atoms with Gasteiger partial charge in [0.2, 0.25) is 0 Å². The van der Waals surface area contributed by atoms with Crippen LogP contribution in [0.5, 0.6) is 0 Å². The van der Waals surface area contributed by atoms with Crippen LogP contribution < -0.4 is 0 Å². The summed E-state index contributed by atoms with van der Waals surface area (Å²) < 4.78 is 1.55. The summed E-state index contributed by atoms with van der Waals surface area (Å²) in [5.74, 6) is 0.0803. The van der Waals surface area contributed by atoms with E-state index in [4.69, 9.17) is 0 Å². The van der Waals surface area contributed by atoms with E-state index in [1.807, 2.05) is 42.5 Å². The van der Waals surface area contributed by atoms with Crippen LogP contribution >= 0.6 is 0 Å². The fourth-order valence-electron chi connectivity index (χ4n) is 2.56. The van der Waals surface area contributed by atoms with E-state index < -0.39 is 5.97 Å². The number of aryl methyl sites for hydroxylation is 2. The van der Waals surface area contributed by atoms with Gasteiger partial charge < -0.3 is 5.11 Å². The Hall–Kier alpha value is -2.95. The molecule has 0 atom stereocenters. The number of aromatic nitrogens is 3. The molecule has 0 aliphatic rings. The van der Waals surface area contributed by atoms with Crippen molar-refractivity contribution >= 4 is 28.5 Å². The van der Waals surface area contributed by atoms with Crippen molar-refractivity contribution in [3.63, 3.8) is 0 Å². The van der Waals surface area contributed by atoms with E-state index in [0.717, 1.165) is 16.3 Å². The van der Waals surface area contributed by atoms with Crippen molar-refractivity contribution in [2.45, 2.75) is 13.8 Å². The lowest BCUT2D eigenvalue weighted by Gasteiger charge is -2.09. The lowest BCUT2D eigenvalue weighted by Crippen LogP contribution is -2.11. The normalized spacial score (nSPS) is 11.8. The van der Waals surface area contributed by atoms with Crippen LogP contribution in [0.2, 0.25) is 0 Å². The van der Waals surface area contributed by atoms with Crippen molar-refractivity contribution in [1.29, 1.82) is 0 Å². The maximum Gasteiger partial charge on any atom is 0.352 e. The summed E-state index contributed by atoms with van der Waals surface area (Å²) in [6.07, 6.45) is 1.66. The van der Waals surface area contributed by atoms with Gasteiger partial charge in [0.1, 0.15) is 17.3 Å². The molecule has 0 spiro atoms. The molecular formula is C17H15N3O2. The highest BCUT2D eigenvalue weighted by molar-refractivity contribution is 6.15. The van der Waals surface area contributed by atoms with Crippen LogP contribution in [0.25, 0.3) is 22.5 Å². The second-order valence-electron chi connectivity index (χ2n) is 5.03. The Bertz CT molecular complexity index is 869. The Labute approximate surface area is 127 Å². The molecule has 0 fully saturated rings. The lowest BCUT2D eigenvalue weighted by atomic mass is 10.0. The van der Waals surface area contributed by atoms with Gasteiger partial charge in [-0.05, 0) is 36.3 Å². The number of aliphatic carboxylic acids is 1. The maximum absolute atomic E-state index is 11.7. The fraction of sp³-hybridized carbons (Fsp3) is 0.118. The van der Waals surface area contributed by atoms with Crippen LogP contribution in [-0.4, -0.2) is 25.8 Å². The first-order chi connectivity index (χ1) is 10.6. The first-order valence-corrected chi connectivity index (χ1v) is 6.89. The highest BCUT2D eigenvalue weighted by Gasteiger charge is 2.16. The van der Waals surface area contributed by atoms with Crippen molar-refractivity contribution < 1.29 is 9.90 Å². The molecule has 3 rings (SSSR count). The second kappa shape index (κ2) is 5.44. The third-order valence-corrected chi connectivity index (χ3v) is 3.56. The zero-order valence-corrected chi connectivity index (χ0v) is 12.3. The predicted molar refractivity (Wildman–Crippen MR) is 85.2 cm³/mol. The van der Waals surface area contributed by atoms with Gasteiger partial charge in [0.05, 0.1) is 0 Å². The fourth-order valence-corrected chi connectivity index (χ4v) is 2.56. The standard InChI is InChI=1S/C17H15N3O2/c1-11-18-19-12(2)20(11)16(17(21)22)10-14-8-5-7-13-6-3-4-9-15(13)14/h3-10H,1-2H3,(H,21,22)/b16-10-. The quantitative estimate of drug-likeness (QED) is 0.753. The minimum Gasteiger partial charge on any atom is -0.477 e. The number of rotatable bonds is 3. The number of benzene rings is 2. The van der Waals surface area contributed by atoms with E-state index in [0.29, 0.717) is 11.6 Å². The minimum absolute atomic E-state index is 0.136. The van der Waals surface area contributed by atoms with E-state index in [1.54, 1.807) is 24.5 Å². The number of hydrogen-bond acceptors (Lipinski definition) is 3. The van der Waals surface area contributed by atoms with Gasteiger partial charge in [-0.25, -0.2) is 4.79 Å². The summed E-state index contributed by atoms with van der Waals surface area (Å²) in [6.45, 7) is 3.47. The van der Waals surface area contributed by atoms with E-state index in [9.17, 15) is 9.90 Å². The molecule has 1 heterocycles. The monoisotopic (exact) mass is 293 g/mol. The van der Waals surface area contributed by atoms with E-state index in [-0.39, 0.29) is 5.70 Å². The largest absolute Gasteiger partial charge is 0.477 e. The summed E-state index contributed by atoms with van der Waals surface area (Å²) >= 11 is 0. The van der Waals surface area contributed by atoms with Gasteiger partial charge in [0, 0.05) is 0 Å². The zero-order chi connectivity index (χ0) is 15.7. The molecule has 3 aromatic rings. The van der Waals surface area contributed by atoms with E-state index in [2.05, 4.69) is 10.2 Å². The Balaban J connectivity index is 2.24. The Kier molecular flexibility index (Phi) is 3.47. The van der Waals surface area contributed by atoms with Crippen molar-refractivity contribution in [3.8, 4) is 0 Å².